The zero-order valence-electron chi connectivity index (χ0n) is 14.6. The van der Waals surface area contributed by atoms with Crippen LogP contribution in [0.15, 0.2) is 94.2 Å². The second-order valence-electron chi connectivity index (χ2n) is 5.81. The van der Waals surface area contributed by atoms with Crippen molar-refractivity contribution in [2.45, 2.75) is 11.8 Å². The summed E-state index contributed by atoms with van der Waals surface area (Å²) in [5.41, 5.74) is 1.69. The Labute approximate surface area is 158 Å². The van der Waals surface area contributed by atoms with E-state index in [1.165, 1.54) is 12.1 Å². The van der Waals surface area contributed by atoms with Gasteiger partial charge in [-0.25, -0.2) is 4.79 Å². The molecule has 0 atom stereocenters. The molecule has 0 spiro atoms. The van der Waals surface area contributed by atoms with Gasteiger partial charge in [0.1, 0.15) is 0 Å². The van der Waals surface area contributed by atoms with Gasteiger partial charge < -0.3 is 4.74 Å². The molecule has 0 unspecified atom stereocenters. The molecule has 0 aromatic heterocycles. The number of rotatable bonds is 4. The first-order valence-electron chi connectivity index (χ1n) is 8.20. The summed E-state index contributed by atoms with van der Waals surface area (Å²) >= 11 is 0. The zero-order valence-corrected chi connectivity index (χ0v) is 15.4. The number of benzene rings is 3. The topological polar surface area (TPSA) is 72.8 Å². The molecule has 0 radical (unpaired) electrons. The number of ether oxygens (including phenoxy) is 1. The SMILES string of the molecule is Cc1ccc(C(=O)O/C(=N/S(=O)(=O)c2ccccc2)c2ccccc2)cc1. The predicted molar refractivity (Wildman–Crippen MR) is 103 cm³/mol. The second-order valence-corrected chi connectivity index (χ2v) is 7.41. The van der Waals surface area contributed by atoms with Crippen LogP contribution in [0.4, 0.5) is 0 Å². The monoisotopic (exact) mass is 379 g/mol. The summed E-state index contributed by atoms with van der Waals surface area (Å²) in [6, 6.07) is 23.0. The summed E-state index contributed by atoms with van der Waals surface area (Å²) in [5.74, 6) is -0.953. The van der Waals surface area contributed by atoms with Crippen LogP contribution < -0.4 is 0 Å². The van der Waals surface area contributed by atoms with Crippen molar-refractivity contribution in [2.75, 3.05) is 0 Å². The van der Waals surface area contributed by atoms with Crippen molar-refractivity contribution in [1.82, 2.24) is 0 Å². The third-order valence-corrected chi connectivity index (χ3v) is 5.02. The molecule has 0 N–H and O–H groups in total. The highest BCUT2D eigenvalue weighted by molar-refractivity contribution is 7.90. The van der Waals surface area contributed by atoms with Crippen LogP contribution in [-0.4, -0.2) is 20.3 Å². The minimum absolute atomic E-state index is 0.0183. The van der Waals surface area contributed by atoms with E-state index < -0.39 is 16.0 Å². The van der Waals surface area contributed by atoms with Crippen LogP contribution in [0, 0.1) is 6.92 Å². The summed E-state index contributed by atoms with van der Waals surface area (Å²) in [5, 5.41) is 0. The molecule has 0 heterocycles. The molecule has 6 heteroatoms. The highest BCUT2D eigenvalue weighted by Gasteiger charge is 2.19. The van der Waals surface area contributed by atoms with Gasteiger partial charge in [0.05, 0.1) is 10.5 Å². The minimum atomic E-state index is -4.03. The molecule has 0 aliphatic heterocycles. The van der Waals surface area contributed by atoms with Gasteiger partial charge in [-0.05, 0) is 43.3 Å². The van der Waals surface area contributed by atoms with Crippen LogP contribution in [0.3, 0.4) is 0 Å². The molecule has 5 nitrogen and oxygen atoms in total. The fourth-order valence-electron chi connectivity index (χ4n) is 2.30. The third kappa shape index (κ3) is 4.68. The summed E-state index contributed by atoms with van der Waals surface area (Å²) in [4.78, 5) is 12.5. The Bertz CT molecular complexity index is 1060. The second kappa shape index (κ2) is 7.97. The zero-order chi connectivity index (χ0) is 19.3. The van der Waals surface area contributed by atoms with Crippen molar-refractivity contribution in [1.29, 1.82) is 0 Å². The Kier molecular flexibility index (Phi) is 5.47. The molecule has 3 rings (SSSR count). The maximum atomic E-state index is 12.6. The van der Waals surface area contributed by atoms with E-state index in [1.54, 1.807) is 72.8 Å². The molecule has 0 fully saturated rings. The molecule has 0 aliphatic carbocycles. The summed E-state index contributed by atoms with van der Waals surface area (Å²) < 4.78 is 34.3. The van der Waals surface area contributed by atoms with Gasteiger partial charge in [-0.1, -0.05) is 54.1 Å². The molecule has 136 valence electrons. The van der Waals surface area contributed by atoms with Gasteiger partial charge in [0.2, 0.25) is 5.90 Å². The number of esters is 1. The number of carbonyl (C=O) groups is 1. The van der Waals surface area contributed by atoms with Gasteiger partial charge in [-0.2, -0.15) is 8.42 Å². The van der Waals surface area contributed by atoms with E-state index in [1.807, 2.05) is 6.92 Å². The highest BCUT2D eigenvalue weighted by atomic mass is 32.2. The lowest BCUT2D eigenvalue weighted by Crippen LogP contribution is -2.16. The molecule has 0 saturated carbocycles. The third-order valence-electron chi connectivity index (χ3n) is 3.74. The fraction of sp³-hybridized carbons (Fsp3) is 0.0476. The quantitative estimate of drug-likeness (QED) is 0.390. The Balaban J connectivity index is 1.99. The first-order chi connectivity index (χ1) is 13.0. The first-order valence-corrected chi connectivity index (χ1v) is 9.64. The Hall–Kier alpha value is -3.25. The molecular weight excluding hydrogens is 362 g/mol. The Morgan fingerprint density at radius 2 is 1.33 bits per heavy atom. The van der Waals surface area contributed by atoms with E-state index >= 15 is 0 Å². The number of aryl methyl sites for hydroxylation is 1. The lowest BCUT2D eigenvalue weighted by molar-refractivity contribution is 0.0718. The molecular formula is C21H17NO4S. The van der Waals surface area contributed by atoms with Gasteiger partial charge in [0.15, 0.2) is 0 Å². The van der Waals surface area contributed by atoms with Gasteiger partial charge in [0.25, 0.3) is 10.0 Å². The normalized spacial score (nSPS) is 11.8. The van der Waals surface area contributed by atoms with Crippen LogP contribution in [0.1, 0.15) is 21.5 Å². The fourth-order valence-corrected chi connectivity index (χ4v) is 3.27. The molecule has 3 aromatic rings. The van der Waals surface area contributed by atoms with E-state index in [0.717, 1.165) is 5.56 Å². The van der Waals surface area contributed by atoms with Crippen molar-refractivity contribution >= 4 is 21.9 Å². The van der Waals surface area contributed by atoms with Crippen molar-refractivity contribution in [3.05, 3.63) is 102 Å². The first kappa shape index (κ1) is 18.5. The Morgan fingerprint density at radius 1 is 0.778 bits per heavy atom. The van der Waals surface area contributed by atoms with Crippen LogP contribution in [0.25, 0.3) is 0 Å². The number of nitrogens with zero attached hydrogens (tertiary/aromatic N) is 1. The highest BCUT2D eigenvalue weighted by Crippen LogP contribution is 2.15. The number of carbonyl (C=O) groups excluding carboxylic acids is 1. The Morgan fingerprint density at radius 3 is 1.93 bits per heavy atom. The van der Waals surface area contributed by atoms with Gasteiger partial charge in [-0.3, -0.25) is 0 Å². The van der Waals surface area contributed by atoms with Crippen molar-refractivity contribution in [2.24, 2.45) is 4.40 Å². The van der Waals surface area contributed by atoms with Crippen LogP contribution in [0.2, 0.25) is 0 Å². The summed E-state index contributed by atoms with van der Waals surface area (Å²) in [7, 11) is -4.03. The largest absolute Gasteiger partial charge is 0.402 e. The van der Waals surface area contributed by atoms with Crippen LogP contribution in [-0.2, 0) is 14.8 Å². The van der Waals surface area contributed by atoms with E-state index in [-0.39, 0.29) is 10.8 Å². The van der Waals surface area contributed by atoms with E-state index in [9.17, 15) is 13.2 Å². The minimum Gasteiger partial charge on any atom is -0.402 e. The molecule has 3 aromatic carbocycles. The number of hydrogen-bond acceptors (Lipinski definition) is 4. The maximum absolute atomic E-state index is 12.6. The van der Waals surface area contributed by atoms with Crippen molar-refractivity contribution in [3.63, 3.8) is 0 Å². The van der Waals surface area contributed by atoms with E-state index in [4.69, 9.17) is 4.74 Å². The lowest BCUT2D eigenvalue weighted by atomic mass is 10.1. The van der Waals surface area contributed by atoms with Gasteiger partial charge >= 0.3 is 5.97 Å². The lowest BCUT2D eigenvalue weighted by Gasteiger charge is -2.09. The van der Waals surface area contributed by atoms with E-state index in [0.29, 0.717) is 11.1 Å². The summed E-state index contributed by atoms with van der Waals surface area (Å²) in [6.07, 6.45) is 0. The van der Waals surface area contributed by atoms with Crippen molar-refractivity contribution < 1.29 is 17.9 Å². The molecule has 27 heavy (non-hydrogen) atoms. The van der Waals surface area contributed by atoms with Crippen LogP contribution in [0.5, 0.6) is 0 Å². The van der Waals surface area contributed by atoms with Crippen molar-refractivity contribution in [3.8, 4) is 0 Å². The van der Waals surface area contributed by atoms with Gasteiger partial charge in [-0.15, -0.1) is 4.40 Å². The molecule has 0 aliphatic rings. The number of sulfonamides is 1. The van der Waals surface area contributed by atoms with E-state index in [2.05, 4.69) is 4.40 Å². The summed E-state index contributed by atoms with van der Waals surface area (Å²) in [6.45, 7) is 1.90. The predicted octanol–water partition coefficient (Wildman–Crippen LogP) is 3.99. The number of hydrogen-bond donors (Lipinski definition) is 0. The molecule has 0 saturated heterocycles. The maximum Gasteiger partial charge on any atom is 0.344 e. The standard InChI is InChI=1S/C21H17NO4S/c1-16-12-14-18(15-13-16)21(23)26-20(17-8-4-2-5-9-17)22-27(24,25)19-10-6-3-7-11-19/h2-15H,1H3/b22-20+. The van der Waals surface area contributed by atoms with Crippen LogP contribution >= 0.6 is 0 Å². The molecule has 0 amide bonds. The van der Waals surface area contributed by atoms with Gasteiger partial charge in [0, 0.05) is 5.56 Å². The average Bonchev–Trinajstić information content (AvgIpc) is 2.69. The average molecular weight is 379 g/mol. The molecule has 0 bridgehead atoms. The smallest absolute Gasteiger partial charge is 0.344 e.